The Kier molecular flexibility index (Phi) is 6.23. The molecule has 106 valence electrons. The lowest BCUT2D eigenvalue weighted by molar-refractivity contribution is 1.52. The lowest BCUT2D eigenvalue weighted by Gasteiger charge is -2.46. The summed E-state index contributed by atoms with van der Waals surface area (Å²) in [6, 6.07) is 20.0. The van der Waals surface area contributed by atoms with Crippen LogP contribution in [0.25, 0.3) is 0 Å². The van der Waals surface area contributed by atoms with Crippen LogP contribution in [0.2, 0.25) is 0 Å². The molecule has 0 aliphatic rings. The molecule has 0 saturated heterocycles. The van der Waals surface area contributed by atoms with E-state index in [1.54, 1.807) is 0 Å². The second kappa shape index (κ2) is 7.31. The smallest absolute Gasteiger partial charge is 0.0555 e. The van der Waals surface area contributed by atoms with E-state index in [1.165, 1.54) is 0 Å². The SMILES string of the molecule is [S-][P+]([S-])(CC[P+]([S-])([S-])c1ccccc1)c1ccccc1. The molecule has 2 rings (SSSR count). The highest BCUT2D eigenvalue weighted by Gasteiger charge is 2.18. The molecule has 0 nitrogen and oxygen atoms in total. The molecule has 6 heteroatoms. The summed E-state index contributed by atoms with van der Waals surface area (Å²) in [6.45, 7) is 0. The molecule has 0 aromatic heterocycles. The topological polar surface area (TPSA) is 0 Å². The number of hydrogen-bond donors (Lipinski definition) is 0. The van der Waals surface area contributed by atoms with E-state index in [-0.39, 0.29) is 0 Å². The van der Waals surface area contributed by atoms with Crippen LogP contribution >= 0.6 is 11.3 Å². The maximum atomic E-state index is 5.68. The summed E-state index contributed by atoms with van der Waals surface area (Å²) in [5.74, 6) is 0. The Bertz CT molecular complexity index is 492. The fourth-order valence-corrected chi connectivity index (χ4v) is 10.1. The van der Waals surface area contributed by atoms with Crippen LogP contribution in [0.1, 0.15) is 0 Å². The third-order valence-electron chi connectivity index (χ3n) is 2.99. The van der Waals surface area contributed by atoms with Gasteiger partial charge < -0.3 is 49.0 Å². The number of rotatable bonds is 5. The first-order valence-electron chi connectivity index (χ1n) is 6.13. The highest BCUT2D eigenvalue weighted by Crippen LogP contribution is 2.60. The quantitative estimate of drug-likeness (QED) is 0.581. The monoisotopic (exact) mass is 372 g/mol. The van der Waals surface area contributed by atoms with Gasteiger partial charge in [-0.05, 0) is 24.3 Å². The molecule has 2 aromatic carbocycles. The van der Waals surface area contributed by atoms with E-state index in [4.69, 9.17) is 49.0 Å². The van der Waals surface area contributed by atoms with Crippen molar-refractivity contribution in [3.63, 3.8) is 0 Å². The zero-order valence-electron chi connectivity index (χ0n) is 10.7. The van der Waals surface area contributed by atoms with E-state index < -0.39 is 11.3 Å². The van der Waals surface area contributed by atoms with Gasteiger partial charge >= 0.3 is 0 Å². The summed E-state index contributed by atoms with van der Waals surface area (Å²) >= 11 is 22.7. The van der Waals surface area contributed by atoms with Crippen LogP contribution in [-0.2, 0) is 49.0 Å². The summed E-state index contributed by atoms with van der Waals surface area (Å²) in [6.07, 6.45) is 1.55. The van der Waals surface area contributed by atoms with Gasteiger partial charge in [0.2, 0.25) is 0 Å². The maximum Gasteiger partial charge on any atom is 0.0555 e. The van der Waals surface area contributed by atoms with Gasteiger partial charge in [0, 0.05) is 0 Å². The van der Waals surface area contributed by atoms with E-state index in [0.717, 1.165) is 22.9 Å². The molecule has 0 spiro atoms. The lowest BCUT2D eigenvalue weighted by Crippen LogP contribution is -2.17. The Balaban J connectivity index is 2.08. The Morgan fingerprint density at radius 3 is 1.15 bits per heavy atom. The van der Waals surface area contributed by atoms with E-state index >= 15 is 0 Å². The minimum Gasteiger partial charge on any atom is -0.573 e. The van der Waals surface area contributed by atoms with Crippen molar-refractivity contribution < 1.29 is 0 Å². The van der Waals surface area contributed by atoms with Crippen LogP contribution in [0.4, 0.5) is 0 Å². The summed E-state index contributed by atoms with van der Waals surface area (Å²) in [5.41, 5.74) is -3.90. The van der Waals surface area contributed by atoms with Crippen LogP contribution in [-0.4, -0.2) is 12.3 Å². The lowest BCUT2D eigenvalue weighted by atomic mass is 10.4. The highest BCUT2D eigenvalue weighted by atomic mass is 33.1. The molecule has 0 amide bonds. The van der Waals surface area contributed by atoms with Gasteiger partial charge in [0.1, 0.15) is 0 Å². The van der Waals surface area contributed by atoms with Crippen LogP contribution in [0.15, 0.2) is 60.7 Å². The molecule has 0 aliphatic carbocycles. The number of benzene rings is 2. The summed E-state index contributed by atoms with van der Waals surface area (Å²) in [5, 5.41) is 2.20. The van der Waals surface area contributed by atoms with Crippen molar-refractivity contribution in [2.45, 2.75) is 0 Å². The minimum atomic E-state index is -1.95. The second-order valence-electron chi connectivity index (χ2n) is 4.47. The molecule has 20 heavy (non-hydrogen) atoms. The van der Waals surface area contributed by atoms with Gasteiger partial charge in [-0.3, -0.25) is 0 Å². The number of hydrogen-bond acceptors (Lipinski definition) is 4. The van der Waals surface area contributed by atoms with Crippen LogP contribution in [0, 0.1) is 0 Å². The van der Waals surface area contributed by atoms with E-state index in [0.29, 0.717) is 0 Å². The summed E-state index contributed by atoms with van der Waals surface area (Å²) < 4.78 is 0. The molecule has 2 aromatic rings. The van der Waals surface area contributed by atoms with Crippen molar-refractivity contribution in [3.05, 3.63) is 60.7 Å². The molecule has 0 saturated carbocycles. The first-order chi connectivity index (χ1) is 9.42. The second-order valence-corrected chi connectivity index (χ2v) is 18.0. The molecule has 0 radical (unpaired) electrons. The molecular formula is C14H14P2S4-2. The third-order valence-corrected chi connectivity index (χ3v) is 11.9. The normalized spacial score (nSPS) is 12.4. The van der Waals surface area contributed by atoms with Gasteiger partial charge in [-0.15, -0.1) is 0 Å². The van der Waals surface area contributed by atoms with Crippen LogP contribution in [0.3, 0.4) is 0 Å². The zero-order valence-corrected chi connectivity index (χ0v) is 15.8. The van der Waals surface area contributed by atoms with Crippen LogP contribution in [0.5, 0.6) is 0 Å². The average Bonchev–Trinajstić information content (AvgIpc) is 2.47. The predicted molar refractivity (Wildman–Crippen MR) is 105 cm³/mol. The Labute approximate surface area is 143 Å². The van der Waals surface area contributed by atoms with Gasteiger partial charge in [-0.1, -0.05) is 36.4 Å². The molecule has 0 unspecified atom stereocenters. The Morgan fingerprint density at radius 2 is 0.850 bits per heavy atom. The molecule has 0 bridgehead atoms. The third kappa shape index (κ3) is 4.60. The molecular weight excluding hydrogens is 358 g/mol. The Morgan fingerprint density at radius 1 is 0.550 bits per heavy atom. The van der Waals surface area contributed by atoms with Crippen molar-refractivity contribution in [3.8, 4) is 0 Å². The molecule has 0 atom stereocenters. The van der Waals surface area contributed by atoms with E-state index in [9.17, 15) is 0 Å². The van der Waals surface area contributed by atoms with Gasteiger partial charge in [0.25, 0.3) is 0 Å². The summed E-state index contributed by atoms with van der Waals surface area (Å²) in [7, 11) is 0. The molecule has 0 heterocycles. The van der Waals surface area contributed by atoms with E-state index in [2.05, 4.69) is 0 Å². The highest BCUT2D eigenvalue weighted by molar-refractivity contribution is 8.77. The summed E-state index contributed by atoms with van der Waals surface area (Å²) in [4.78, 5) is 0. The standard InChI is InChI=1S/C14H16P2S4/c17-15(18,13-7-3-1-4-8-13)11-12-16(19,20)14-9-5-2-6-10-14/h1-10H,11-12H2,(H,17,18)(H,19,20)/p-2. The van der Waals surface area contributed by atoms with Gasteiger partial charge in [0.15, 0.2) is 0 Å². The van der Waals surface area contributed by atoms with E-state index in [1.807, 2.05) is 60.7 Å². The Hall–Kier alpha value is 0.700. The van der Waals surface area contributed by atoms with Crippen molar-refractivity contribution in [2.75, 3.05) is 12.3 Å². The molecule has 0 aliphatic heterocycles. The predicted octanol–water partition coefficient (Wildman–Crippen LogP) is 3.52. The first-order valence-corrected chi connectivity index (χ1v) is 14.1. The van der Waals surface area contributed by atoms with Crippen molar-refractivity contribution in [1.29, 1.82) is 0 Å². The van der Waals surface area contributed by atoms with Crippen molar-refractivity contribution in [1.82, 2.24) is 0 Å². The molecule has 0 N–H and O–H groups in total. The van der Waals surface area contributed by atoms with Crippen LogP contribution < -0.4 is 10.6 Å². The zero-order chi connectivity index (χ0) is 14.6. The van der Waals surface area contributed by atoms with Crippen molar-refractivity contribution >= 4 is 70.9 Å². The fourth-order valence-electron chi connectivity index (χ4n) is 1.83. The molecule has 0 fully saturated rings. The van der Waals surface area contributed by atoms with Gasteiger partial charge in [-0.2, -0.15) is 11.3 Å². The average molecular weight is 372 g/mol. The largest absolute Gasteiger partial charge is 0.573 e. The van der Waals surface area contributed by atoms with Gasteiger partial charge in [-0.25, -0.2) is 0 Å². The van der Waals surface area contributed by atoms with Crippen molar-refractivity contribution in [2.24, 2.45) is 0 Å². The fraction of sp³-hybridized carbons (Fsp3) is 0.143. The maximum absolute atomic E-state index is 5.68. The first kappa shape index (κ1) is 17.1. The van der Waals surface area contributed by atoms with Gasteiger partial charge in [0.05, 0.1) is 22.9 Å². The minimum absolute atomic E-state index is 0.775.